The third-order valence-corrected chi connectivity index (χ3v) is 4.26. The summed E-state index contributed by atoms with van der Waals surface area (Å²) in [5.74, 6) is 0.652. The first-order chi connectivity index (χ1) is 9.46. The molecule has 0 atom stereocenters. The molecule has 2 aromatic rings. The number of benzene rings is 1. The first-order valence-electron chi connectivity index (χ1n) is 6.66. The largest absolute Gasteiger partial charge is 0.340 e. The van der Waals surface area contributed by atoms with Gasteiger partial charge in [-0.2, -0.15) is 8.42 Å². The van der Waals surface area contributed by atoms with E-state index in [-0.39, 0.29) is 0 Å². The zero-order valence-corrected chi connectivity index (χ0v) is 12.0. The maximum absolute atomic E-state index is 12.7. The van der Waals surface area contributed by atoms with Crippen molar-refractivity contribution in [1.82, 2.24) is 4.57 Å². The van der Waals surface area contributed by atoms with Gasteiger partial charge in [0.15, 0.2) is 0 Å². The number of halogens is 1. The summed E-state index contributed by atoms with van der Waals surface area (Å²) < 4.78 is 36.3. The summed E-state index contributed by atoms with van der Waals surface area (Å²) in [5.41, 5.74) is 2.84. The topological polar surface area (TPSA) is 39.1 Å². The summed E-state index contributed by atoms with van der Waals surface area (Å²) >= 11 is 0. The average molecular weight is 293 g/mol. The zero-order valence-electron chi connectivity index (χ0n) is 11.2. The molecule has 0 spiro atoms. The molecule has 1 aliphatic rings. The predicted molar refractivity (Wildman–Crippen MR) is 78.5 cm³/mol. The predicted octanol–water partition coefficient (Wildman–Crippen LogP) is 3.63. The number of hydrogen-bond donors (Lipinski definition) is 0. The SMILES string of the molecule is Cc1c(/C=C/S(=O)(=O)F)n(CC2CC2)c2ccccc12. The van der Waals surface area contributed by atoms with Crippen molar-refractivity contribution in [2.45, 2.75) is 26.3 Å². The van der Waals surface area contributed by atoms with Crippen LogP contribution in [-0.2, 0) is 16.8 Å². The van der Waals surface area contributed by atoms with E-state index in [1.165, 1.54) is 18.9 Å². The van der Waals surface area contributed by atoms with E-state index in [4.69, 9.17) is 0 Å². The minimum Gasteiger partial charge on any atom is -0.340 e. The second kappa shape index (κ2) is 4.74. The quantitative estimate of drug-likeness (QED) is 0.807. The molecule has 0 unspecified atom stereocenters. The summed E-state index contributed by atoms with van der Waals surface area (Å²) in [6.45, 7) is 2.80. The van der Waals surface area contributed by atoms with Gasteiger partial charge in [0.1, 0.15) is 0 Å². The third kappa shape index (κ3) is 2.63. The zero-order chi connectivity index (χ0) is 14.3. The summed E-state index contributed by atoms with van der Waals surface area (Å²) in [6.07, 6.45) is 3.78. The van der Waals surface area contributed by atoms with Crippen LogP contribution in [0.3, 0.4) is 0 Å². The van der Waals surface area contributed by atoms with Crippen molar-refractivity contribution in [3.8, 4) is 0 Å². The van der Waals surface area contributed by atoms with Crippen LogP contribution in [0, 0.1) is 12.8 Å². The van der Waals surface area contributed by atoms with Gasteiger partial charge in [-0.05, 0) is 43.4 Å². The van der Waals surface area contributed by atoms with Crippen LogP contribution >= 0.6 is 0 Å². The maximum Gasteiger partial charge on any atom is 0.325 e. The molecule has 5 heteroatoms. The molecule has 0 N–H and O–H groups in total. The molecule has 0 radical (unpaired) electrons. The molecule has 1 aromatic heterocycles. The molecule has 3 nitrogen and oxygen atoms in total. The molecular weight excluding hydrogens is 277 g/mol. The molecule has 1 heterocycles. The number of hydrogen-bond acceptors (Lipinski definition) is 2. The van der Waals surface area contributed by atoms with Gasteiger partial charge in [-0.1, -0.05) is 18.2 Å². The van der Waals surface area contributed by atoms with Crippen LogP contribution in [0.15, 0.2) is 29.7 Å². The fourth-order valence-corrected chi connectivity index (χ4v) is 2.90. The van der Waals surface area contributed by atoms with Crippen molar-refractivity contribution in [2.75, 3.05) is 0 Å². The van der Waals surface area contributed by atoms with Gasteiger partial charge in [-0.15, -0.1) is 3.89 Å². The maximum atomic E-state index is 12.7. The fraction of sp³-hybridized carbons (Fsp3) is 0.333. The number of fused-ring (bicyclic) bond motifs is 1. The summed E-state index contributed by atoms with van der Waals surface area (Å²) in [6, 6.07) is 7.95. The van der Waals surface area contributed by atoms with E-state index in [9.17, 15) is 12.3 Å². The van der Waals surface area contributed by atoms with Crippen LogP contribution < -0.4 is 0 Å². The van der Waals surface area contributed by atoms with E-state index in [1.807, 2.05) is 31.2 Å². The van der Waals surface area contributed by atoms with E-state index in [1.54, 1.807) is 0 Å². The highest BCUT2D eigenvalue weighted by molar-refractivity contribution is 7.89. The molecule has 0 bridgehead atoms. The van der Waals surface area contributed by atoms with Crippen molar-refractivity contribution in [3.63, 3.8) is 0 Å². The van der Waals surface area contributed by atoms with Crippen molar-refractivity contribution in [1.29, 1.82) is 0 Å². The van der Waals surface area contributed by atoms with Gasteiger partial charge >= 0.3 is 10.2 Å². The minimum atomic E-state index is -4.60. The summed E-state index contributed by atoms with van der Waals surface area (Å²) in [4.78, 5) is 0. The van der Waals surface area contributed by atoms with E-state index in [2.05, 4.69) is 4.57 Å². The average Bonchev–Trinajstić information content (AvgIpc) is 3.15. The van der Waals surface area contributed by atoms with Crippen LogP contribution in [0.4, 0.5) is 3.89 Å². The Morgan fingerprint density at radius 2 is 2.05 bits per heavy atom. The van der Waals surface area contributed by atoms with Gasteiger partial charge in [0.25, 0.3) is 0 Å². The lowest BCUT2D eigenvalue weighted by Gasteiger charge is -2.07. The molecular formula is C15H16FNO2S. The Kier molecular flexibility index (Phi) is 3.17. The molecule has 1 aliphatic carbocycles. The van der Waals surface area contributed by atoms with Crippen LogP contribution in [0.1, 0.15) is 24.1 Å². The van der Waals surface area contributed by atoms with Gasteiger partial charge in [0.2, 0.25) is 0 Å². The Morgan fingerprint density at radius 1 is 1.35 bits per heavy atom. The van der Waals surface area contributed by atoms with Crippen molar-refractivity contribution in [2.24, 2.45) is 5.92 Å². The number of aryl methyl sites for hydroxylation is 1. The fourth-order valence-electron chi connectivity index (χ4n) is 2.61. The third-order valence-electron chi connectivity index (χ3n) is 3.80. The van der Waals surface area contributed by atoms with Crippen molar-refractivity contribution in [3.05, 3.63) is 40.9 Å². The number of rotatable bonds is 4. The standard InChI is InChI=1S/C15H16FNO2S/c1-11-13-4-2-3-5-15(13)17(10-12-6-7-12)14(11)8-9-20(16,18)19/h2-5,8-9,12H,6-7,10H2,1H3/b9-8+. The first kappa shape index (κ1) is 13.4. The Morgan fingerprint density at radius 3 is 2.70 bits per heavy atom. The molecule has 0 saturated heterocycles. The van der Waals surface area contributed by atoms with Gasteiger partial charge in [-0.3, -0.25) is 0 Å². The van der Waals surface area contributed by atoms with E-state index in [0.29, 0.717) is 11.3 Å². The molecule has 106 valence electrons. The molecule has 3 rings (SSSR count). The van der Waals surface area contributed by atoms with Gasteiger partial charge in [-0.25, -0.2) is 0 Å². The van der Waals surface area contributed by atoms with E-state index in [0.717, 1.165) is 28.7 Å². The van der Waals surface area contributed by atoms with Crippen LogP contribution in [-0.4, -0.2) is 13.0 Å². The summed E-state index contributed by atoms with van der Waals surface area (Å²) in [5, 5.41) is 1.72. The Bertz CT molecular complexity index is 786. The second-order valence-electron chi connectivity index (χ2n) is 5.36. The molecule has 20 heavy (non-hydrogen) atoms. The van der Waals surface area contributed by atoms with Gasteiger partial charge in [0.05, 0.1) is 5.41 Å². The molecule has 1 saturated carbocycles. The van der Waals surface area contributed by atoms with E-state index >= 15 is 0 Å². The normalized spacial score (nSPS) is 16.3. The van der Waals surface area contributed by atoms with E-state index < -0.39 is 10.2 Å². The number of para-hydroxylation sites is 1. The lowest BCUT2D eigenvalue weighted by atomic mass is 10.1. The second-order valence-corrected chi connectivity index (χ2v) is 6.58. The van der Waals surface area contributed by atoms with Crippen LogP contribution in [0.5, 0.6) is 0 Å². The van der Waals surface area contributed by atoms with Crippen molar-refractivity contribution < 1.29 is 12.3 Å². The first-order valence-corrected chi connectivity index (χ1v) is 8.11. The molecule has 0 amide bonds. The molecule has 1 fully saturated rings. The van der Waals surface area contributed by atoms with Gasteiger partial charge in [0, 0.05) is 23.1 Å². The smallest absolute Gasteiger partial charge is 0.325 e. The molecule has 0 aliphatic heterocycles. The van der Waals surface area contributed by atoms with Crippen LogP contribution in [0.25, 0.3) is 17.0 Å². The molecule has 1 aromatic carbocycles. The van der Waals surface area contributed by atoms with Crippen LogP contribution in [0.2, 0.25) is 0 Å². The minimum absolute atomic E-state index is 0.637. The lowest BCUT2D eigenvalue weighted by Crippen LogP contribution is -2.02. The Balaban J connectivity index is 2.17. The monoisotopic (exact) mass is 293 g/mol. The summed E-state index contributed by atoms with van der Waals surface area (Å²) in [7, 11) is -4.60. The highest BCUT2D eigenvalue weighted by Crippen LogP contribution is 2.35. The van der Waals surface area contributed by atoms with Crippen molar-refractivity contribution >= 4 is 27.2 Å². The highest BCUT2D eigenvalue weighted by atomic mass is 32.3. The van der Waals surface area contributed by atoms with Gasteiger partial charge < -0.3 is 4.57 Å². The Hall–Kier alpha value is -1.62. The Labute approximate surface area is 117 Å². The highest BCUT2D eigenvalue weighted by Gasteiger charge is 2.24. The number of aromatic nitrogens is 1. The number of nitrogens with zero attached hydrogens (tertiary/aromatic N) is 1. The lowest BCUT2D eigenvalue weighted by molar-refractivity contribution is 0.563.